The van der Waals surface area contributed by atoms with Crippen molar-refractivity contribution in [2.75, 3.05) is 13.1 Å². The van der Waals surface area contributed by atoms with Gasteiger partial charge in [-0.3, -0.25) is 9.88 Å². The van der Waals surface area contributed by atoms with E-state index in [1.54, 1.807) is 0 Å². The minimum absolute atomic E-state index is 0.453. The molecule has 1 aromatic heterocycles. The summed E-state index contributed by atoms with van der Waals surface area (Å²) in [6, 6.07) is 13.3. The summed E-state index contributed by atoms with van der Waals surface area (Å²) >= 11 is 0. The second-order valence-corrected chi connectivity index (χ2v) is 6.46. The van der Waals surface area contributed by atoms with Gasteiger partial charge in [-0.2, -0.15) is 5.26 Å². The van der Waals surface area contributed by atoms with Gasteiger partial charge in [-0.15, -0.1) is 0 Å². The Labute approximate surface area is 138 Å². The SMILES string of the molecule is Cc1cc(C)c(C#N)c(-c2ccc(C(C)N3CCCC3)cc2)n1. The molecule has 1 aliphatic heterocycles. The van der Waals surface area contributed by atoms with E-state index in [9.17, 15) is 5.26 Å². The first-order valence-electron chi connectivity index (χ1n) is 8.33. The summed E-state index contributed by atoms with van der Waals surface area (Å²) in [5.74, 6) is 0. The van der Waals surface area contributed by atoms with Crippen molar-refractivity contribution in [1.29, 1.82) is 5.26 Å². The van der Waals surface area contributed by atoms with Crippen molar-refractivity contribution in [2.24, 2.45) is 0 Å². The number of aryl methyl sites for hydroxylation is 2. The molecule has 1 saturated heterocycles. The summed E-state index contributed by atoms with van der Waals surface area (Å²) < 4.78 is 0. The van der Waals surface area contributed by atoms with E-state index in [1.165, 1.54) is 31.5 Å². The van der Waals surface area contributed by atoms with Crippen molar-refractivity contribution in [3.05, 3.63) is 52.7 Å². The third kappa shape index (κ3) is 3.13. The van der Waals surface area contributed by atoms with Gasteiger partial charge in [-0.05, 0) is 63.9 Å². The molecule has 1 unspecified atom stereocenters. The monoisotopic (exact) mass is 305 g/mol. The van der Waals surface area contributed by atoms with Crippen LogP contribution in [0.15, 0.2) is 30.3 Å². The van der Waals surface area contributed by atoms with Crippen LogP contribution in [0.3, 0.4) is 0 Å². The van der Waals surface area contributed by atoms with Crippen LogP contribution >= 0.6 is 0 Å². The van der Waals surface area contributed by atoms with Gasteiger partial charge in [0.25, 0.3) is 0 Å². The maximum absolute atomic E-state index is 9.44. The number of hydrogen-bond donors (Lipinski definition) is 0. The molecular formula is C20H23N3. The second-order valence-electron chi connectivity index (χ2n) is 6.46. The molecule has 0 bridgehead atoms. The van der Waals surface area contributed by atoms with Crippen LogP contribution in [-0.2, 0) is 0 Å². The van der Waals surface area contributed by atoms with E-state index in [1.807, 2.05) is 19.9 Å². The number of pyridine rings is 1. The lowest BCUT2D eigenvalue weighted by Crippen LogP contribution is -2.23. The molecule has 2 heterocycles. The Morgan fingerprint density at radius 1 is 1.13 bits per heavy atom. The molecule has 1 atom stereocenters. The Bertz CT molecular complexity index is 735. The fraction of sp³-hybridized carbons (Fsp3) is 0.400. The molecule has 0 spiro atoms. The van der Waals surface area contributed by atoms with E-state index in [0.717, 1.165) is 22.5 Å². The minimum atomic E-state index is 0.453. The van der Waals surface area contributed by atoms with E-state index < -0.39 is 0 Å². The van der Waals surface area contributed by atoms with Gasteiger partial charge in [0.05, 0.1) is 11.3 Å². The zero-order valence-corrected chi connectivity index (χ0v) is 14.1. The topological polar surface area (TPSA) is 39.9 Å². The van der Waals surface area contributed by atoms with E-state index >= 15 is 0 Å². The minimum Gasteiger partial charge on any atom is -0.297 e. The molecule has 0 saturated carbocycles. The lowest BCUT2D eigenvalue weighted by molar-refractivity contribution is 0.263. The van der Waals surface area contributed by atoms with Gasteiger partial charge in [0, 0.05) is 17.3 Å². The Kier molecular flexibility index (Phi) is 4.45. The molecule has 3 heteroatoms. The maximum Gasteiger partial charge on any atom is 0.102 e. The largest absolute Gasteiger partial charge is 0.297 e. The van der Waals surface area contributed by atoms with Gasteiger partial charge in [0.1, 0.15) is 6.07 Å². The molecule has 0 N–H and O–H groups in total. The number of likely N-dealkylation sites (tertiary alicyclic amines) is 1. The molecule has 23 heavy (non-hydrogen) atoms. The Morgan fingerprint density at radius 2 is 1.78 bits per heavy atom. The van der Waals surface area contributed by atoms with Crippen LogP contribution < -0.4 is 0 Å². The van der Waals surface area contributed by atoms with Crippen molar-refractivity contribution < 1.29 is 0 Å². The van der Waals surface area contributed by atoms with Gasteiger partial charge >= 0.3 is 0 Å². The quantitative estimate of drug-likeness (QED) is 0.844. The van der Waals surface area contributed by atoms with Crippen LogP contribution in [0.2, 0.25) is 0 Å². The molecule has 0 radical (unpaired) electrons. The number of nitrogens with zero attached hydrogens (tertiary/aromatic N) is 3. The van der Waals surface area contributed by atoms with Crippen LogP contribution in [0, 0.1) is 25.2 Å². The first kappa shape index (κ1) is 15.7. The molecular weight excluding hydrogens is 282 g/mol. The molecule has 0 amide bonds. The summed E-state index contributed by atoms with van der Waals surface area (Å²) in [6.07, 6.45) is 2.61. The van der Waals surface area contributed by atoms with Crippen LogP contribution in [0.4, 0.5) is 0 Å². The van der Waals surface area contributed by atoms with E-state index in [0.29, 0.717) is 11.6 Å². The Balaban J connectivity index is 1.92. The molecule has 118 valence electrons. The highest BCUT2D eigenvalue weighted by Gasteiger charge is 2.19. The highest BCUT2D eigenvalue weighted by Crippen LogP contribution is 2.28. The zero-order valence-electron chi connectivity index (χ0n) is 14.1. The summed E-state index contributed by atoms with van der Waals surface area (Å²) in [6.45, 7) is 8.61. The summed E-state index contributed by atoms with van der Waals surface area (Å²) in [5, 5.41) is 9.44. The third-order valence-electron chi connectivity index (χ3n) is 4.81. The fourth-order valence-corrected chi connectivity index (χ4v) is 3.45. The van der Waals surface area contributed by atoms with Gasteiger partial charge in [0.2, 0.25) is 0 Å². The molecule has 3 rings (SSSR count). The van der Waals surface area contributed by atoms with E-state index in [4.69, 9.17) is 0 Å². The van der Waals surface area contributed by atoms with Crippen molar-refractivity contribution in [1.82, 2.24) is 9.88 Å². The van der Waals surface area contributed by atoms with Crippen LogP contribution in [0.25, 0.3) is 11.3 Å². The Hall–Kier alpha value is -2.18. The lowest BCUT2D eigenvalue weighted by atomic mass is 9.99. The third-order valence-corrected chi connectivity index (χ3v) is 4.81. The summed E-state index contributed by atoms with van der Waals surface area (Å²) in [5.41, 5.74) is 5.76. The predicted octanol–water partition coefficient (Wildman–Crippen LogP) is 4.39. The average Bonchev–Trinajstić information content (AvgIpc) is 3.08. The normalized spacial score (nSPS) is 16.3. The number of aromatic nitrogens is 1. The van der Waals surface area contributed by atoms with Crippen molar-refractivity contribution in [3.63, 3.8) is 0 Å². The zero-order chi connectivity index (χ0) is 16.4. The molecule has 0 aliphatic carbocycles. The highest BCUT2D eigenvalue weighted by molar-refractivity contribution is 5.68. The summed E-state index contributed by atoms with van der Waals surface area (Å²) in [7, 11) is 0. The number of nitriles is 1. The predicted molar refractivity (Wildman–Crippen MR) is 93.1 cm³/mol. The lowest BCUT2D eigenvalue weighted by Gasteiger charge is -2.24. The first-order chi connectivity index (χ1) is 11.1. The van der Waals surface area contributed by atoms with Crippen molar-refractivity contribution in [2.45, 2.75) is 39.7 Å². The first-order valence-corrected chi connectivity index (χ1v) is 8.33. The van der Waals surface area contributed by atoms with Gasteiger partial charge < -0.3 is 0 Å². The van der Waals surface area contributed by atoms with Gasteiger partial charge in [-0.25, -0.2) is 0 Å². The van der Waals surface area contributed by atoms with Crippen molar-refractivity contribution in [3.8, 4) is 17.3 Å². The smallest absolute Gasteiger partial charge is 0.102 e. The van der Waals surface area contributed by atoms with Gasteiger partial charge in [-0.1, -0.05) is 24.3 Å². The standard InChI is InChI=1S/C20H23N3/c1-14-12-15(2)22-20(19(14)13-21)18-8-6-17(7-9-18)16(3)23-10-4-5-11-23/h6-9,12,16H,4-5,10-11H2,1-3H3. The van der Waals surface area contributed by atoms with Crippen LogP contribution in [0.1, 0.15) is 48.2 Å². The molecule has 1 aliphatic rings. The van der Waals surface area contributed by atoms with Gasteiger partial charge in [0.15, 0.2) is 0 Å². The van der Waals surface area contributed by atoms with E-state index in [-0.39, 0.29) is 0 Å². The second kappa shape index (κ2) is 6.52. The summed E-state index contributed by atoms with van der Waals surface area (Å²) in [4.78, 5) is 7.13. The number of rotatable bonds is 3. The molecule has 3 nitrogen and oxygen atoms in total. The highest BCUT2D eigenvalue weighted by atomic mass is 15.2. The maximum atomic E-state index is 9.44. The fourth-order valence-electron chi connectivity index (χ4n) is 3.45. The van der Waals surface area contributed by atoms with E-state index in [2.05, 4.69) is 47.1 Å². The Morgan fingerprint density at radius 3 is 2.39 bits per heavy atom. The number of hydrogen-bond acceptors (Lipinski definition) is 3. The average molecular weight is 305 g/mol. The number of benzene rings is 1. The van der Waals surface area contributed by atoms with Crippen LogP contribution in [0.5, 0.6) is 0 Å². The molecule has 2 aromatic rings. The molecule has 1 fully saturated rings. The van der Waals surface area contributed by atoms with Crippen LogP contribution in [-0.4, -0.2) is 23.0 Å². The molecule has 1 aromatic carbocycles. The van der Waals surface area contributed by atoms with Crippen molar-refractivity contribution >= 4 is 0 Å².